The molecule has 17 heavy (non-hydrogen) atoms. The van der Waals surface area contributed by atoms with Crippen LogP contribution in [0.5, 0.6) is 0 Å². The molecule has 92 valence electrons. The number of amides is 1. The first-order chi connectivity index (χ1) is 8.08. The van der Waals surface area contributed by atoms with Gasteiger partial charge in [0.15, 0.2) is 0 Å². The number of likely N-dealkylation sites (tertiary alicyclic amines) is 1. The van der Waals surface area contributed by atoms with Crippen molar-refractivity contribution in [2.24, 2.45) is 0 Å². The van der Waals surface area contributed by atoms with Crippen LogP contribution in [0.4, 0.5) is 0 Å². The lowest BCUT2D eigenvalue weighted by molar-refractivity contribution is 0.0472. The highest BCUT2D eigenvalue weighted by Gasteiger charge is 2.24. The largest absolute Gasteiger partial charge is 0.391 e. The van der Waals surface area contributed by atoms with Gasteiger partial charge in [0.05, 0.1) is 17.4 Å². The van der Waals surface area contributed by atoms with Gasteiger partial charge in [0, 0.05) is 18.8 Å². The minimum atomic E-state index is -0.383. The average molecular weight is 234 g/mol. The molecule has 4 heteroatoms. The lowest BCUT2D eigenvalue weighted by atomic mass is 10.1. The molecule has 1 saturated heterocycles. The maximum atomic E-state index is 12.3. The molecule has 1 aliphatic heterocycles. The average Bonchev–Trinajstić information content (AvgIpc) is 2.28. The zero-order chi connectivity index (χ0) is 12.4. The first kappa shape index (κ1) is 12.0. The third kappa shape index (κ3) is 2.64. The molecule has 1 aromatic rings. The van der Waals surface area contributed by atoms with Gasteiger partial charge in [-0.3, -0.25) is 9.78 Å². The summed E-state index contributed by atoms with van der Waals surface area (Å²) in [5.74, 6) is -0.0197. The van der Waals surface area contributed by atoms with Gasteiger partial charge in [0.2, 0.25) is 0 Å². The van der Waals surface area contributed by atoms with Crippen LogP contribution in [0.1, 0.15) is 34.6 Å². The number of β-amino-alcohol motifs (C(OH)–C–C–N with tert-alkyl or cyclic N) is 1. The first-order valence-electron chi connectivity index (χ1n) is 5.99. The number of rotatable bonds is 1. The Morgan fingerprint density at radius 3 is 2.88 bits per heavy atom. The van der Waals surface area contributed by atoms with Crippen molar-refractivity contribution in [3.8, 4) is 0 Å². The highest BCUT2D eigenvalue weighted by Crippen LogP contribution is 2.15. The molecule has 0 aliphatic carbocycles. The highest BCUT2D eigenvalue weighted by atomic mass is 16.3. The number of nitrogens with zero attached hydrogens (tertiary/aromatic N) is 2. The molecular formula is C13H18N2O2. The van der Waals surface area contributed by atoms with Gasteiger partial charge in [-0.1, -0.05) is 0 Å². The molecule has 1 N–H and O–H groups in total. The van der Waals surface area contributed by atoms with E-state index in [0.29, 0.717) is 12.1 Å². The molecule has 0 radical (unpaired) electrons. The van der Waals surface area contributed by atoms with Crippen molar-refractivity contribution in [3.05, 3.63) is 29.1 Å². The van der Waals surface area contributed by atoms with Crippen LogP contribution < -0.4 is 0 Å². The van der Waals surface area contributed by atoms with E-state index in [4.69, 9.17) is 0 Å². The van der Waals surface area contributed by atoms with Gasteiger partial charge in [-0.2, -0.15) is 0 Å². The smallest absolute Gasteiger partial charge is 0.255 e. The number of hydrogen-bond acceptors (Lipinski definition) is 3. The van der Waals surface area contributed by atoms with Crippen molar-refractivity contribution in [1.82, 2.24) is 9.88 Å². The summed E-state index contributed by atoms with van der Waals surface area (Å²) < 4.78 is 0. The van der Waals surface area contributed by atoms with E-state index in [1.54, 1.807) is 4.90 Å². The quantitative estimate of drug-likeness (QED) is 0.796. The normalized spacial score (nSPS) is 20.4. The summed E-state index contributed by atoms with van der Waals surface area (Å²) in [6.07, 6.45) is 1.27. The Morgan fingerprint density at radius 2 is 2.24 bits per heavy atom. The summed E-state index contributed by atoms with van der Waals surface area (Å²) in [6, 6.07) is 3.67. The summed E-state index contributed by atoms with van der Waals surface area (Å²) in [6.45, 7) is 4.92. The van der Waals surface area contributed by atoms with Gasteiger partial charge in [-0.05, 0) is 38.8 Å². The minimum Gasteiger partial charge on any atom is -0.391 e. The van der Waals surface area contributed by atoms with Crippen LogP contribution in [-0.2, 0) is 0 Å². The number of aliphatic hydroxyl groups excluding tert-OH is 1. The monoisotopic (exact) mass is 234 g/mol. The Morgan fingerprint density at radius 1 is 1.47 bits per heavy atom. The fourth-order valence-corrected chi connectivity index (χ4v) is 2.22. The van der Waals surface area contributed by atoms with Gasteiger partial charge in [-0.25, -0.2) is 0 Å². The van der Waals surface area contributed by atoms with Crippen molar-refractivity contribution in [1.29, 1.82) is 0 Å². The maximum absolute atomic E-state index is 12.3. The molecule has 1 atom stereocenters. The molecule has 1 aromatic heterocycles. The van der Waals surface area contributed by atoms with E-state index in [0.717, 1.165) is 30.8 Å². The third-order valence-electron chi connectivity index (χ3n) is 3.14. The zero-order valence-electron chi connectivity index (χ0n) is 10.3. The van der Waals surface area contributed by atoms with Crippen LogP contribution in [0.25, 0.3) is 0 Å². The Balaban J connectivity index is 2.18. The van der Waals surface area contributed by atoms with E-state index in [9.17, 15) is 9.90 Å². The van der Waals surface area contributed by atoms with E-state index in [2.05, 4.69) is 4.98 Å². The first-order valence-corrected chi connectivity index (χ1v) is 5.99. The maximum Gasteiger partial charge on any atom is 0.255 e. The van der Waals surface area contributed by atoms with E-state index in [1.807, 2.05) is 26.0 Å². The molecule has 2 rings (SSSR count). The van der Waals surface area contributed by atoms with E-state index >= 15 is 0 Å². The van der Waals surface area contributed by atoms with Crippen LogP contribution in [-0.4, -0.2) is 40.1 Å². The minimum absolute atomic E-state index is 0.0197. The Kier molecular flexibility index (Phi) is 3.43. The number of aryl methyl sites for hydroxylation is 2. The molecule has 2 heterocycles. The summed E-state index contributed by atoms with van der Waals surface area (Å²) in [5.41, 5.74) is 2.32. The molecule has 0 saturated carbocycles. The van der Waals surface area contributed by atoms with Gasteiger partial charge < -0.3 is 10.0 Å². The van der Waals surface area contributed by atoms with E-state index < -0.39 is 0 Å². The third-order valence-corrected chi connectivity index (χ3v) is 3.14. The van der Waals surface area contributed by atoms with Crippen molar-refractivity contribution in [2.45, 2.75) is 32.8 Å². The molecule has 0 unspecified atom stereocenters. The molecule has 4 nitrogen and oxygen atoms in total. The Hall–Kier alpha value is -1.42. The second-order valence-electron chi connectivity index (χ2n) is 4.63. The molecular weight excluding hydrogens is 216 g/mol. The number of aliphatic hydroxyl groups is 1. The van der Waals surface area contributed by atoms with Gasteiger partial charge in [0.1, 0.15) is 0 Å². The number of hydrogen-bond donors (Lipinski definition) is 1. The van der Waals surface area contributed by atoms with Crippen molar-refractivity contribution in [3.63, 3.8) is 0 Å². The van der Waals surface area contributed by atoms with Crippen LogP contribution in [0.15, 0.2) is 12.1 Å². The molecule has 1 fully saturated rings. The summed E-state index contributed by atoms with van der Waals surface area (Å²) in [4.78, 5) is 18.3. The number of piperidine rings is 1. The highest BCUT2D eigenvalue weighted by molar-refractivity contribution is 5.95. The summed E-state index contributed by atoms with van der Waals surface area (Å²) in [7, 11) is 0. The van der Waals surface area contributed by atoms with Crippen molar-refractivity contribution < 1.29 is 9.90 Å². The van der Waals surface area contributed by atoms with Crippen molar-refractivity contribution in [2.75, 3.05) is 13.1 Å². The van der Waals surface area contributed by atoms with Gasteiger partial charge in [0.25, 0.3) is 5.91 Å². The zero-order valence-corrected chi connectivity index (χ0v) is 10.3. The van der Waals surface area contributed by atoms with Crippen LogP contribution >= 0.6 is 0 Å². The number of aromatic nitrogens is 1. The fourth-order valence-electron chi connectivity index (χ4n) is 2.22. The number of carbonyl (C=O) groups is 1. The summed E-state index contributed by atoms with van der Waals surface area (Å²) in [5, 5.41) is 9.58. The predicted octanol–water partition coefficient (Wildman–Crippen LogP) is 1.30. The van der Waals surface area contributed by atoms with Gasteiger partial charge >= 0.3 is 0 Å². The number of pyridine rings is 1. The van der Waals surface area contributed by atoms with Gasteiger partial charge in [-0.15, -0.1) is 0 Å². The Bertz CT molecular complexity index is 431. The number of carbonyl (C=O) groups excluding carboxylic acids is 1. The summed E-state index contributed by atoms with van der Waals surface area (Å²) >= 11 is 0. The lowest BCUT2D eigenvalue weighted by Gasteiger charge is -2.30. The van der Waals surface area contributed by atoms with Crippen LogP contribution in [0, 0.1) is 13.8 Å². The van der Waals surface area contributed by atoms with Crippen molar-refractivity contribution >= 4 is 5.91 Å². The van der Waals surface area contributed by atoms with E-state index in [-0.39, 0.29) is 12.0 Å². The Labute approximate surface area is 101 Å². The molecule has 1 aliphatic rings. The second-order valence-corrected chi connectivity index (χ2v) is 4.63. The predicted molar refractivity (Wildman–Crippen MR) is 64.9 cm³/mol. The standard InChI is InChI=1S/C13H18N2O2/c1-9-5-6-12(10(2)14-9)13(17)15-7-3-4-11(16)8-15/h5-6,11,16H,3-4,7-8H2,1-2H3/t11-/m0/s1. The fraction of sp³-hybridized carbons (Fsp3) is 0.538. The van der Waals surface area contributed by atoms with Crippen LogP contribution in [0.3, 0.4) is 0 Å². The lowest BCUT2D eigenvalue weighted by Crippen LogP contribution is -2.42. The topological polar surface area (TPSA) is 53.4 Å². The SMILES string of the molecule is Cc1ccc(C(=O)N2CCC[C@H](O)C2)c(C)n1. The second kappa shape index (κ2) is 4.84. The molecule has 1 amide bonds. The molecule has 0 spiro atoms. The molecule has 0 aromatic carbocycles. The van der Waals surface area contributed by atoms with Crippen LogP contribution in [0.2, 0.25) is 0 Å². The van der Waals surface area contributed by atoms with E-state index in [1.165, 1.54) is 0 Å². The molecule has 0 bridgehead atoms.